The highest BCUT2D eigenvalue weighted by Gasteiger charge is 2.27. The van der Waals surface area contributed by atoms with Gasteiger partial charge in [0.25, 0.3) is 0 Å². The Hall–Kier alpha value is -2.28. The Morgan fingerprint density at radius 3 is 2.52 bits per heavy atom. The third-order valence-corrected chi connectivity index (χ3v) is 5.82. The number of amides is 2. The second kappa shape index (κ2) is 11.0. The third-order valence-electron chi connectivity index (χ3n) is 4.94. The minimum absolute atomic E-state index is 0.0354. The van der Waals surface area contributed by atoms with Crippen LogP contribution in [0.4, 0.5) is 5.13 Å². The second-order valence-corrected chi connectivity index (χ2v) is 8.73. The number of nitrogens with one attached hydrogen (secondary N) is 2. The van der Waals surface area contributed by atoms with Crippen molar-refractivity contribution < 1.29 is 9.59 Å². The Bertz CT molecular complexity index is 819. The molecule has 2 aromatic rings. The van der Waals surface area contributed by atoms with Crippen LogP contribution >= 0.6 is 11.3 Å². The summed E-state index contributed by atoms with van der Waals surface area (Å²) < 4.78 is 0. The molecule has 7 heteroatoms. The van der Waals surface area contributed by atoms with Crippen molar-refractivity contribution >= 4 is 28.3 Å². The first kappa shape index (κ1) is 23.0. The molecule has 0 saturated carbocycles. The van der Waals surface area contributed by atoms with Gasteiger partial charge >= 0.3 is 0 Å². The molecule has 1 aromatic carbocycles. The molecule has 2 rings (SSSR count). The molecule has 2 atom stereocenters. The maximum absolute atomic E-state index is 12.8. The zero-order valence-electron chi connectivity index (χ0n) is 18.0. The summed E-state index contributed by atoms with van der Waals surface area (Å²) in [6.45, 7) is 10.00. The maximum atomic E-state index is 12.8. The van der Waals surface area contributed by atoms with E-state index in [9.17, 15) is 9.59 Å². The van der Waals surface area contributed by atoms with Gasteiger partial charge in [0.15, 0.2) is 0 Å². The molecule has 2 amide bonds. The summed E-state index contributed by atoms with van der Waals surface area (Å²) in [5.41, 5.74) is 2.11. The molecular weight excluding hydrogens is 384 g/mol. The van der Waals surface area contributed by atoms with E-state index in [4.69, 9.17) is 0 Å². The summed E-state index contributed by atoms with van der Waals surface area (Å²) in [5.74, 6) is -0.400. The van der Waals surface area contributed by atoms with Crippen molar-refractivity contribution in [3.05, 3.63) is 29.8 Å². The number of aromatic nitrogens is 2. The van der Waals surface area contributed by atoms with Gasteiger partial charge in [-0.3, -0.25) is 14.9 Å². The fourth-order valence-corrected chi connectivity index (χ4v) is 3.87. The summed E-state index contributed by atoms with van der Waals surface area (Å²) in [4.78, 5) is 25.5. The van der Waals surface area contributed by atoms with Crippen LogP contribution in [0.5, 0.6) is 0 Å². The van der Waals surface area contributed by atoms with E-state index in [-0.39, 0.29) is 23.7 Å². The zero-order valence-corrected chi connectivity index (χ0v) is 18.8. The standard InChI is InChI=1S/C22H32N4O2S/c1-6-8-11-16(7-2)19(27)23-18(14(3)4)20(28)24-22-26-25-21(29-22)17-12-9-10-15(5)13-17/h9-10,12-14,16,18H,6-8,11H2,1-5H3,(H,23,27)(H,24,26,28)/t16-,18-/m1/s1. The fourth-order valence-electron chi connectivity index (χ4n) is 3.13. The van der Waals surface area contributed by atoms with E-state index in [0.717, 1.165) is 41.8 Å². The first-order chi connectivity index (χ1) is 13.8. The molecule has 1 heterocycles. The summed E-state index contributed by atoms with van der Waals surface area (Å²) in [6.07, 6.45) is 3.69. The van der Waals surface area contributed by atoms with Gasteiger partial charge in [-0.1, -0.05) is 75.6 Å². The Balaban J connectivity index is 2.05. The van der Waals surface area contributed by atoms with Crippen LogP contribution in [0.15, 0.2) is 24.3 Å². The average Bonchev–Trinajstić information content (AvgIpc) is 3.14. The highest BCUT2D eigenvalue weighted by molar-refractivity contribution is 7.18. The van der Waals surface area contributed by atoms with Crippen molar-refractivity contribution in [3.63, 3.8) is 0 Å². The number of carbonyl (C=O) groups is 2. The van der Waals surface area contributed by atoms with Gasteiger partial charge in [0, 0.05) is 11.5 Å². The summed E-state index contributed by atoms with van der Waals surface area (Å²) in [6, 6.07) is 7.39. The van der Waals surface area contributed by atoms with Crippen LogP contribution < -0.4 is 10.6 Å². The summed E-state index contributed by atoms with van der Waals surface area (Å²) >= 11 is 1.33. The van der Waals surface area contributed by atoms with E-state index >= 15 is 0 Å². The van der Waals surface area contributed by atoms with Gasteiger partial charge < -0.3 is 5.32 Å². The maximum Gasteiger partial charge on any atom is 0.249 e. The lowest BCUT2D eigenvalue weighted by atomic mass is 9.96. The zero-order chi connectivity index (χ0) is 21.4. The molecule has 158 valence electrons. The number of aryl methyl sites for hydroxylation is 1. The van der Waals surface area contributed by atoms with E-state index in [1.54, 1.807) is 0 Å². The monoisotopic (exact) mass is 416 g/mol. The van der Waals surface area contributed by atoms with Gasteiger partial charge in [-0.15, -0.1) is 10.2 Å². The average molecular weight is 417 g/mol. The molecule has 0 fully saturated rings. The topological polar surface area (TPSA) is 84.0 Å². The molecule has 29 heavy (non-hydrogen) atoms. The van der Waals surface area contributed by atoms with Crippen molar-refractivity contribution in [3.8, 4) is 10.6 Å². The van der Waals surface area contributed by atoms with Crippen LogP contribution in [0.2, 0.25) is 0 Å². The van der Waals surface area contributed by atoms with E-state index in [1.165, 1.54) is 11.3 Å². The van der Waals surface area contributed by atoms with Crippen molar-refractivity contribution in [1.82, 2.24) is 15.5 Å². The Morgan fingerprint density at radius 2 is 1.90 bits per heavy atom. The van der Waals surface area contributed by atoms with Crippen LogP contribution in [-0.4, -0.2) is 28.1 Å². The fraction of sp³-hybridized carbons (Fsp3) is 0.545. The Labute approximate surface area is 177 Å². The van der Waals surface area contributed by atoms with Crippen LogP contribution in [-0.2, 0) is 9.59 Å². The van der Waals surface area contributed by atoms with Crippen LogP contribution in [0, 0.1) is 18.8 Å². The predicted octanol–water partition coefficient (Wildman–Crippen LogP) is 4.81. The molecule has 0 aliphatic carbocycles. The first-order valence-electron chi connectivity index (χ1n) is 10.4. The molecule has 0 unspecified atom stereocenters. The Morgan fingerprint density at radius 1 is 1.14 bits per heavy atom. The number of benzene rings is 1. The molecule has 0 bridgehead atoms. The van der Waals surface area contributed by atoms with Gasteiger partial charge in [0.05, 0.1) is 0 Å². The number of carbonyl (C=O) groups excluding carboxylic acids is 2. The Kier molecular flexibility index (Phi) is 8.76. The number of hydrogen-bond acceptors (Lipinski definition) is 5. The first-order valence-corrected chi connectivity index (χ1v) is 11.2. The number of anilines is 1. The molecule has 1 aromatic heterocycles. The van der Waals surface area contributed by atoms with Crippen LogP contribution in [0.3, 0.4) is 0 Å². The molecule has 0 radical (unpaired) electrons. The van der Waals surface area contributed by atoms with Gasteiger partial charge in [0.1, 0.15) is 11.0 Å². The lowest BCUT2D eigenvalue weighted by Crippen LogP contribution is -2.49. The van der Waals surface area contributed by atoms with Gasteiger partial charge in [-0.25, -0.2) is 0 Å². The van der Waals surface area contributed by atoms with Crippen molar-refractivity contribution in [1.29, 1.82) is 0 Å². The number of unbranched alkanes of at least 4 members (excludes halogenated alkanes) is 1. The van der Waals surface area contributed by atoms with Gasteiger partial charge in [-0.2, -0.15) is 0 Å². The molecule has 0 spiro atoms. The van der Waals surface area contributed by atoms with E-state index in [2.05, 4.69) is 27.8 Å². The molecule has 0 saturated heterocycles. The molecule has 0 aliphatic rings. The quantitative estimate of drug-likeness (QED) is 0.582. The smallest absolute Gasteiger partial charge is 0.249 e. The molecular formula is C22H32N4O2S. The van der Waals surface area contributed by atoms with Crippen LogP contribution in [0.25, 0.3) is 10.6 Å². The number of rotatable bonds is 10. The van der Waals surface area contributed by atoms with E-state index in [1.807, 2.05) is 52.0 Å². The van der Waals surface area contributed by atoms with E-state index < -0.39 is 6.04 Å². The lowest BCUT2D eigenvalue weighted by molar-refractivity contribution is -0.130. The molecule has 0 aliphatic heterocycles. The minimum atomic E-state index is -0.607. The third kappa shape index (κ3) is 6.63. The minimum Gasteiger partial charge on any atom is -0.344 e. The van der Waals surface area contributed by atoms with Crippen molar-refractivity contribution in [2.45, 2.75) is 66.3 Å². The van der Waals surface area contributed by atoms with Gasteiger partial charge in [-0.05, 0) is 31.7 Å². The van der Waals surface area contributed by atoms with E-state index in [0.29, 0.717) is 5.13 Å². The summed E-state index contributed by atoms with van der Waals surface area (Å²) in [5, 5.41) is 15.2. The second-order valence-electron chi connectivity index (χ2n) is 7.75. The van der Waals surface area contributed by atoms with Crippen LogP contribution in [0.1, 0.15) is 58.9 Å². The lowest BCUT2D eigenvalue weighted by Gasteiger charge is -2.24. The molecule has 2 N–H and O–H groups in total. The highest BCUT2D eigenvalue weighted by Crippen LogP contribution is 2.27. The largest absolute Gasteiger partial charge is 0.344 e. The SMILES string of the molecule is CCCC[C@@H](CC)C(=O)N[C@@H](C(=O)Nc1nnc(-c2cccc(C)c2)s1)C(C)C. The summed E-state index contributed by atoms with van der Waals surface area (Å²) in [7, 11) is 0. The normalized spacial score (nSPS) is 13.2. The molecule has 6 nitrogen and oxygen atoms in total. The van der Waals surface area contributed by atoms with Crippen molar-refractivity contribution in [2.24, 2.45) is 11.8 Å². The van der Waals surface area contributed by atoms with Crippen molar-refractivity contribution in [2.75, 3.05) is 5.32 Å². The van der Waals surface area contributed by atoms with Gasteiger partial charge in [0.2, 0.25) is 16.9 Å². The highest BCUT2D eigenvalue weighted by atomic mass is 32.1. The number of hydrogen-bond donors (Lipinski definition) is 2. The number of nitrogens with zero attached hydrogens (tertiary/aromatic N) is 2. The predicted molar refractivity (Wildman–Crippen MR) is 119 cm³/mol.